The maximum atomic E-state index is 4.09. The molecule has 4 heteroatoms. The summed E-state index contributed by atoms with van der Waals surface area (Å²) in [6.07, 6.45) is 11.3. The van der Waals surface area contributed by atoms with E-state index in [1.54, 1.807) is 12.4 Å². The van der Waals surface area contributed by atoms with Crippen molar-refractivity contribution in [3.8, 4) is 11.4 Å². The van der Waals surface area contributed by atoms with Gasteiger partial charge in [0, 0.05) is 0 Å². The first-order chi connectivity index (χ1) is 6.45. The molecule has 0 fully saturated rings. The first kappa shape index (κ1) is 6.65. The highest BCUT2D eigenvalue weighted by Gasteiger charge is 2.32. The summed E-state index contributed by atoms with van der Waals surface area (Å²) >= 11 is 0. The predicted molar refractivity (Wildman–Crippen MR) is 43.3 cm³/mol. The molecular formula is C9H8N4+2. The van der Waals surface area contributed by atoms with Crippen LogP contribution in [0.25, 0.3) is 11.4 Å². The topological polar surface area (TPSA) is 33.5 Å². The zero-order valence-corrected chi connectivity index (χ0v) is 6.96. The molecule has 3 rings (SSSR count). The lowest BCUT2D eigenvalue weighted by molar-refractivity contribution is -0.877. The number of hydrogen-bond acceptors (Lipinski definition) is 2. The quantitative estimate of drug-likeness (QED) is 0.430. The minimum Gasteiger partial charge on any atom is -0.251 e. The third-order valence-electron chi connectivity index (χ3n) is 2.25. The Morgan fingerprint density at radius 2 is 1.46 bits per heavy atom. The normalized spacial score (nSPS) is 12.3. The highest BCUT2D eigenvalue weighted by molar-refractivity contribution is 5.43. The number of nitrogens with zero attached hydrogens (tertiary/aromatic N) is 4. The highest BCUT2D eigenvalue weighted by Crippen LogP contribution is 2.09. The summed E-state index contributed by atoms with van der Waals surface area (Å²) in [5.41, 5.74) is 2.24. The van der Waals surface area contributed by atoms with Crippen LogP contribution in [0.1, 0.15) is 0 Å². The number of aromatic nitrogens is 4. The lowest BCUT2D eigenvalue weighted by Crippen LogP contribution is -2.44. The summed E-state index contributed by atoms with van der Waals surface area (Å²) in [5, 5.41) is 0. The second kappa shape index (κ2) is 2.32. The first-order valence-electron chi connectivity index (χ1n) is 4.12. The Morgan fingerprint density at radius 3 is 2.00 bits per heavy atom. The van der Waals surface area contributed by atoms with E-state index >= 15 is 0 Å². The van der Waals surface area contributed by atoms with E-state index in [1.165, 1.54) is 0 Å². The van der Waals surface area contributed by atoms with Gasteiger partial charge in [-0.3, -0.25) is 9.97 Å². The van der Waals surface area contributed by atoms with E-state index in [0.717, 1.165) is 18.1 Å². The second-order valence-electron chi connectivity index (χ2n) is 3.00. The minimum atomic E-state index is 0.857. The number of rotatable bonds is 0. The molecule has 0 amide bonds. The van der Waals surface area contributed by atoms with E-state index < -0.39 is 0 Å². The van der Waals surface area contributed by atoms with E-state index in [9.17, 15) is 0 Å². The molecule has 3 heterocycles. The fraction of sp³-hybridized carbons (Fsp3) is 0.111. The summed E-state index contributed by atoms with van der Waals surface area (Å²) < 4.78 is 4.29. The molecule has 2 aromatic rings. The Morgan fingerprint density at radius 1 is 0.923 bits per heavy atom. The van der Waals surface area contributed by atoms with Gasteiger partial charge in [-0.1, -0.05) is 0 Å². The lowest BCUT2D eigenvalue weighted by Gasteiger charge is -1.82. The van der Waals surface area contributed by atoms with Crippen LogP contribution < -0.4 is 9.13 Å². The molecule has 0 saturated carbocycles. The monoisotopic (exact) mass is 172 g/mol. The van der Waals surface area contributed by atoms with Gasteiger partial charge in [-0.2, -0.15) is 0 Å². The molecule has 2 aromatic heterocycles. The third-order valence-corrected chi connectivity index (χ3v) is 2.25. The number of fused-ring (bicyclic) bond motifs is 3. The van der Waals surface area contributed by atoms with Crippen LogP contribution in [-0.2, 0) is 6.67 Å². The Kier molecular flexibility index (Phi) is 1.19. The van der Waals surface area contributed by atoms with Crippen LogP contribution in [-0.4, -0.2) is 9.97 Å². The molecule has 0 aliphatic carbocycles. The second-order valence-corrected chi connectivity index (χ2v) is 3.00. The van der Waals surface area contributed by atoms with Crippen LogP contribution in [0.15, 0.2) is 37.2 Å². The van der Waals surface area contributed by atoms with Crippen LogP contribution in [0.5, 0.6) is 0 Å². The van der Waals surface area contributed by atoms with E-state index in [-0.39, 0.29) is 0 Å². The van der Waals surface area contributed by atoms with Gasteiger partial charge in [0.25, 0.3) is 0 Å². The van der Waals surface area contributed by atoms with E-state index in [2.05, 4.69) is 19.1 Å². The fourth-order valence-corrected chi connectivity index (χ4v) is 1.61. The number of hydrogen-bond donors (Lipinski definition) is 0. The Hall–Kier alpha value is -1.84. The molecule has 4 nitrogen and oxygen atoms in total. The Labute approximate surface area is 75.1 Å². The summed E-state index contributed by atoms with van der Waals surface area (Å²) in [6, 6.07) is 0. The van der Waals surface area contributed by atoms with Crippen molar-refractivity contribution in [1.82, 2.24) is 9.97 Å². The van der Waals surface area contributed by atoms with Gasteiger partial charge in [-0.15, -0.1) is 9.13 Å². The molecule has 1 aliphatic heterocycles. The van der Waals surface area contributed by atoms with Crippen LogP contribution in [0.4, 0.5) is 0 Å². The third kappa shape index (κ3) is 0.853. The minimum absolute atomic E-state index is 0.857. The van der Waals surface area contributed by atoms with Crippen molar-refractivity contribution in [2.24, 2.45) is 0 Å². The van der Waals surface area contributed by atoms with Gasteiger partial charge in [0.05, 0.1) is 12.4 Å². The van der Waals surface area contributed by atoms with Crippen LogP contribution in [0.3, 0.4) is 0 Å². The van der Waals surface area contributed by atoms with Crippen molar-refractivity contribution in [2.75, 3.05) is 0 Å². The molecule has 0 unspecified atom stereocenters. The summed E-state index contributed by atoms with van der Waals surface area (Å²) in [4.78, 5) is 8.19. The molecule has 1 aliphatic rings. The summed E-state index contributed by atoms with van der Waals surface area (Å²) in [7, 11) is 0. The van der Waals surface area contributed by atoms with E-state index in [1.807, 2.05) is 24.8 Å². The molecular weight excluding hydrogens is 164 g/mol. The van der Waals surface area contributed by atoms with E-state index in [0.29, 0.717) is 0 Å². The zero-order chi connectivity index (χ0) is 8.67. The molecule has 13 heavy (non-hydrogen) atoms. The van der Waals surface area contributed by atoms with Crippen LogP contribution in [0, 0.1) is 0 Å². The Bertz CT molecular complexity index is 423. The standard InChI is InChI=1S/C9H8N4/c1-3-12-7-13-4-2-11-6-9(13)8(12)5-10-1/h1-6H,7H2/q+2. The van der Waals surface area contributed by atoms with Crippen LogP contribution in [0.2, 0.25) is 0 Å². The smallest absolute Gasteiger partial charge is 0.251 e. The first-order valence-corrected chi connectivity index (χ1v) is 4.12. The van der Waals surface area contributed by atoms with Crippen molar-refractivity contribution in [3.05, 3.63) is 37.2 Å². The predicted octanol–water partition coefficient (Wildman–Crippen LogP) is -0.462. The molecule has 0 saturated heterocycles. The average Bonchev–Trinajstić information content (AvgIpc) is 2.56. The van der Waals surface area contributed by atoms with Gasteiger partial charge < -0.3 is 0 Å². The maximum absolute atomic E-state index is 4.09. The van der Waals surface area contributed by atoms with Crippen molar-refractivity contribution in [2.45, 2.75) is 6.67 Å². The van der Waals surface area contributed by atoms with Gasteiger partial charge in [0.15, 0.2) is 12.4 Å². The fourth-order valence-electron chi connectivity index (χ4n) is 1.61. The maximum Gasteiger partial charge on any atom is 0.345 e. The SMILES string of the molecule is c1c[n+]2c(cn1)-c1cncc[n+]1C2. The van der Waals surface area contributed by atoms with E-state index in [4.69, 9.17) is 0 Å². The molecule has 62 valence electrons. The molecule has 0 spiro atoms. The van der Waals surface area contributed by atoms with Gasteiger partial charge in [-0.25, -0.2) is 0 Å². The molecule has 0 aromatic carbocycles. The van der Waals surface area contributed by atoms with Crippen molar-refractivity contribution in [1.29, 1.82) is 0 Å². The lowest BCUT2D eigenvalue weighted by atomic mass is 10.3. The van der Waals surface area contributed by atoms with Crippen molar-refractivity contribution >= 4 is 0 Å². The van der Waals surface area contributed by atoms with Gasteiger partial charge in [0.1, 0.15) is 12.4 Å². The van der Waals surface area contributed by atoms with Gasteiger partial charge in [0.2, 0.25) is 0 Å². The van der Waals surface area contributed by atoms with Crippen LogP contribution >= 0.6 is 0 Å². The van der Waals surface area contributed by atoms with Crippen molar-refractivity contribution < 1.29 is 9.13 Å². The average molecular weight is 172 g/mol. The highest BCUT2D eigenvalue weighted by atomic mass is 15.2. The molecule has 0 bridgehead atoms. The largest absolute Gasteiger partial charge is 0.345 e. The molecule has 0 N–H and O–H groups in total. The van der Waals surface area contributed by atoms with Crippen molar-refractivity contribution in [3.63, 3.8) is 0 Å². The summed E-state index contributed by atoms with van der Waals surface area (Å²) in [6.45, 7) is 0.857. The zero-order valence-electron chi connectivity index (χ0n) is 6.96. The van der Waals surface area contributed by atoms with Gasteiger partial charge in [-0.05, 0) is 0 Å². The van der Waals surface area contributed by atoms with Gasteiger partial charge >= 0.3 is 18.1 Å². The Balaban J connectivity index is 2.32. The summed E-state index contributed by atoms with van der Waals surface area (Å²) in [5.74, 6) is 0. The molecule has 0 atom stereocenters. The molecule has 0 radical (unpaired) electrons.